The van der Waals surface area contributed by atoms with E-state index in [1.165, 1.54) is 36.1 Å². The number of carbonyl (C=O) groups excluding carboxylic acids is 1. The number of carbonyl (C=O) groups is 1. The van der Waals surface area contributed by atoms with Crippen molar-refractivity contribution in [2.45, 2.75) is 40.0 Å². The Morgan fingerprint density at radius 3 is 2.23 bits per heavy atom. The molecule has 3 nitrogen and oxygen atoms in total. The lowest BCUT2D eigenvalue weighted by molar-refractivity contribution is 0.112. The second-order valence-electron chi connectivity index (χ2n) is 9.76. The summed E-state index contributed by atoms with van der Waals surface area (Å²) in [5, 5.41) is 0. The van der Waals surface area contributed by atoms with Crippen LogP contribution in [0.25, 0.3) is 5.57 Å². The predicted octanol–water partition coefficient (Wildman–Crippen LogP) is 5.59. The van der Waals surface area contributed by atoms with Crippen LogP contribution in [0.4, 0.5) is 5.69 Å². The fourth-order valence-corrected chi connectivity index (χ4v) is 4.87. The molecule has 0 amide bonds. The molecule has 0 radical (unpaired) electrons. The van der Waals surface area contributed by atoms with E-state index in [-0.39, 0.29) is 0 Å². The fraction of sp³-hybridized carbons (Fsp3) is 0.444. The van der Waals surface area contributed by atoms with E-state index < -0.39 is 0 Å². The van der Waals surface area contributed by atoms with Gasteiger partial charge in [-0.15, -0.1) is 0 Å². The van der Waals surface area contributed by atoms with Crippen molar-refractivity contribution in [2.24, 2.45) is 5.41 Å². The maximum absolute atomic E-state index is 10.9. The molecule has 1 fully saturated rings. The average Bonchev–Trinajstić information content (AvgIpc) is 2.75. The minimum absolute atomic E-state index is 0.395. The van der Waals surface area contributed by atoms with Gasteiger partial charge in [-0.2, -0.15) is 0 Å². The van der Waals surface area contributed by atoms with E-state index in [1.54, 1.807) is 11.1 Å². The van der Waals surface area contributed by atoms with Gasteiger partial charge in [0.2, 0.25) is 0 Å². The van der Waals surface area contributed by atoms with E-state index in [0.29, 0.717) is 5.41 Å². The number of rotatable bonds is 5. The van der Waals surface area contributed by atoms with Crippen molar-refractivity contribution in [1.82, 2.24) is 4.90 Å². The minimum Gasteiger partial charge on any atom is -0.369 e. The lowest BCUT2D eigenvalue weighted by Gasteiger charge is -2.39. The number of benzene rings is 2. The minimum atomic E-state index is 0.395. The van der Waals surface area contributed by atoms with Crippen molar-refractivity contribution in [1.29, 1.82) is 0 Å². The largest absolute Gasteiger partial charge is 0.369 e. The van der Waals surface area contributed by atoms with E-state index in [4.69, 9.17) is 0 Å². The summed E-state index contributed by atoms with van der Waals surface area (Å²) >= 11 is 0. The van der Waals surface area contributed by atoms with E-state index in [1.807, 2.05) is 12.1 Å². The molecule has 0 saturated carbocycles. The molecule has 158 valence electrons. The van der Waals surface area contributed by atoms with Crippen molar-refractivity contribution < 1.29 is 4.79 Å². The van der Waals surface area contributed by atoms with Gasteiger partial charge in [0.25, 0.3) is 0 Å². The summed E-state index contributed by atoms with van der Waals surface area (Å²) in [6.07, 6.45) is 4.56. The molecule has 0 aromatic heterocycles. The first-order valence-electron chi connectivity index (χ1n) is 11.2. The molecule has 0 spiro atoms. The topological polar surface area (TPSA) is 23.6 Å². The zero-order valence-electron chi connectivity index (χ0n) is 18.7. The van der Waals surface area contributed by atoms with Gasteiger partial charge in [0.1, 0.15) is 6.29 Å². The number of aldehydes is 1. The molecule has 0 N–H and O–H groups in total. The highest BCUT2D eigenvalue weighted by Crippen LogP contribution is 2.42. The summed E-state index contributed by atoms with van der Waals surface area (Å²) in [7, 11) is 0. The Bertz CT molecular complexity index is 901. The van der Waals surface area contributed by atoms with Crippen LogP contribution in [-0.2, 0) is 0 Å². The highest BCUT2D eigenvalue weighted by atomic mass is 16.1. The monoisotopic (exact) mass is 402 g/mol. The molecule has 1 saturated heterocycles. The molecular weight excluding hydrogens is 368 g/mol. The number of anilines is 1. The molecule has 0 atom stereocenters. The SMILES string of the molecule is Cc1ccc(C2=C(CN3CCN(c4ccc(C=O)cc4)CC3)CC(C)(C)CC2)cc1. The van der Waals surface area contributed by atoms with E-state index >= 15 is 0 Å². The van der Waals surface area contributed by atoms with Gasteiger partial charge in [0.15, 0.2) is 0 Å². The lowest BCUT2D eigenvalue weighted by Crippen LogP contribution is -2.47. The van der Waals surface area contributed by atoms with Crippen LogP contribution in [0, 0.1) is 12.3 Å². The van der Waals surface area contributed by atoms with Crippen molar-refractivity contribution in [3.05, 3.63) is 70.8 Å². The highest BCUT2D eigenvalue weighted by molar-refractivity contribution is 5.75. The van der Waals surface area contributed by atoms with Crippen LogP contribution in [0.15, 0.2) is 54.1 Å². The molecule has 30 heavy (non-hydrogen) atoms. The van der Waals surface area contributed by atoms with Gasteiger partial charge in [-0.25, -0.2) is 0 Å². The molecule has 0 unspecified atom stereocenters. The summed E-state index contributed by atoms with van der Waals surface area (Å²) < 4.78 is 0. The lowest BCUT2D eigenvalue weighted by atomic mass is 9.72. The Hall–Kier alpha value is -2.39. The third kappa shape index (κ3) is 4.84. The molecule has 2 aromatic carbocycles. The predicted molar refractivity (Wildman–Crippen MR) is 126 cm³/mol. The smallest absolute Gasteiger partial charge is 0.150 e. The summed E-state index contributed by atoms with van der Waals surface area (Å²) in [5.41, 5.74) is 8.33. The number of nitrogens with zero attached hydrogens (tertiary/aromatic N) is 2. The van der Waals surface area contributed by atoms with Crippen LogP contribution in [0.3, 0.4) is 0 Å². The standard InChI is InChI=1S/C27H34N2O/c1-21-4-8-23(9-5-21)26-12-13-27(2,3)18-24(26)19-28-14-16-29(17-15-28)25-10-6-22(20-30)7-11-25/h4-11,20H,12-19H2,1-3H3. The highest BCUT2D eigenvalue weighted by Gasteiger charge is 2.29. The molecule has 0 bridgehead atoms. The van der Waals surface area contributed by atoms with Gasteiger partial charge < -0.3 is 4.90 Å². The number of piperazine rings is 1. The Labute approximate surface area is 181 Å². The molecule has 4 rings (SSSR count). The summed E-state index contributed by atoms with van der Waals surface area (Å²) in [6.45, 7) is 12.3. The Morgan fingerprint density at radius 2 is 1.60 bits per heavy atom. The number of hydrogen-bond acceptors (Lipinski definition) is 3. The zero-order chi connectivity index (χ0) is 21.1. The summed E-state index contributed by atoms with van der Waals surface area (Å²) in [6, 6.07) is 17.1. The molecule has 1 heterocycles. The van der Waals surface area contributed by atoms with Gasteiger partial charge in [-0.05, 0) is 67.0 Å². The first-order chi connectivity index (χ1) is 14.4. The maximum atomic E-state index is 10.9. The first-order valence-corrected chi connectivity index (χ1v) is 11.2. The Morgan fingerprint density at radius 1 is 0.933 bits per heavy atom. The number of aryl methyl sites for hydroxylation is 1. The van der Waals surface area contributed by atoms with Crippen LogP contribution in [-0.4, -0.2) is 43.9 Å². The summed E-state index contributed by atoms with van der Waals surface area (Å²) in [5.74, 6) is 0. The normalized spacial score (nSPS) is 19.8. The molecule has 2 aliphatic rings. The van der Waals surface area contributed by atoms with Gasteiger partial charge in [0, 0.05) is 44.0 Å². The van der Waals surface area contributed by atoms with Crippen LogP contribution in [0.1, 0.15) is 54.6 Å². The van der Waals surface area contributed by atoms with E-state index in [2.05, 4.69) is 67.0 Å². The van der Waals surface area contributed by atoms with Crippen molar-refractivity contribution >= 4 is 17.5 Å². The zero-order valence-corrected chi connectivity index (χ0v) is 18.7. The summed E-state index contributed by atoms with van der Waals surface area (Å²) in [4.78, 5) is 16.0. The second-order valence-corrected chi connectivity index (χ2v) is 9.76. The number of hydrogen-bond donors (Lipinski definition) is 0. The quantitative estimate of drug-likeness (QED) is 0.609. The van der Waals surface area contributed by atoms with Gasteiger partial charge >= 0.3 is 0 Å². The average molecular weight is 403 g/mol. The van der Waals surface area contributed by atoms with Gasteiger partial charge in [0.05, 0.1) is 0 Å². The van der Waals surface area contributed by atoms with E-state index in [9.17, 15) is 4.79 Å². The third-order valence-corrected chi connectivity index (χ3v) is 6.75. The van der Waals surface area contributed by atoms with Gasteiger partial charge in [-0.1, -0.05) is 49.2 Å². The molecular formula is C27H34N2O. The van der Waals surface area contributed by atoms with Crippen LogP contribution >= 0.6 is 0 Å². The molecule has 3 heteroatoms. The maximum Gasteiger partial charge on any atom is 0.150 e. The van der Waals surface area contributed by atoms with Gasteiger partial charge in [-0.3, -0.25) is 9.69 Å². The third-order valence-electron chi connectivity index (χ3n) is 6.75. The molecule has 1 aliphatic heterocycles. The number of allylic oxidation sites excluding steroid dienone is 1. The van der Waals surface area contributed by atoms with Crippen LogP contribution < -0.4 is 4.90 Å². The molecule has 1 aliphatic carbocycles. The van der Waals surface area contributed by atoms with Crippen LogP contribution in [0.2, 0.25) is 0 Å². The Balaban J connectivity index is 1.46. The van der Waals surface area contributed by atoms with Crippen molar-refractivity contribution in [3.63, 3.8) is 0 Å². The Kier molecular flexibility index (Phi) is 6.10. The first kappa shape index (κ1) is 20.9. The second kappa shape index (κ2) is 8.77. The fourth-order valence-electron chi connectivity index (χ4n) is 4.87. The van der Waals surface area contributed by atoms with Crippen molar-refractivity contribution in [3.8, 4) is 0 Å². The van der Waals surface area contributed by atoms with E-state index in [0.717, 1.165) is 44.6 Å². The van der Waals surface area contributed by atoms with Crippen molar-refractivity contribution in [2.75, 3.05) is 37.6 Å². The van der Waals surface area contributed by atoms with Crippen LogP contribution in [0.5, 0.6) is 0 Å². The molecule has 2 aromatic rings.